The molecule has 0 radical (unpaired) electrons. The van der Waals surface area contributed by atoms with E-state index in [-0.39, 0.29) is 24.4 Å². The number of piperidine rings is 1. The molecule has 1 atom stereocenters. The van der Waals surface area contributed by atoms with Gasteiger partial charge in [-0.05, 0) is 25.7 Å². The predicted octanol–water partition coefficient (Wildman–Crippen LogP) is 1.23. The Morgan fingerprint density at radius 3 is 2.72 bits per heavy atom. The number of likely N-dealkylation sites (tertiary alicyclic amines) is 1. The topological polar surface area (TPSA) is 69.6 Å². The molecular weight excluding hydrogens is 232 g/mol. The first kappa shape index (κ1) is 15.0. The van der Waals surface area contributed by atoms with E-state index in [1.807, 2.05) is 18.7 Å². The number of carboxylic acid groups (broad SMARTS) is 1. The minimum absolute atomic E-state index is 0.0961. The van der Waals surface area contributed by atoms with Crippen molar-refractivity contribution in [3.63, 3.8) is 0 Å². The SMILES string of the molecule is CC(C)NCC(=O)N1CCCCC1CCC(=O)O. The molecule has 104 valence electrons. The van der Waals surface area contributed by atoms with Crippen LogP contribution in [0.15, 0.2) is 0 Å². The van der Waals surface area contributed by atoms with Gasteiger partial charge in [-0.1, -0.05) is 13.8 Å². The van der Waals surface area contributed by atoms with Gasteiger partial charge in [-0.25, -0.2) is 0 Å². The molecule has 1 aliphatic rings. The monoisotopic (exact) mass is 256 g/mol. The van der Waals surface area contributed by atoms with E-state index in [0.717, 1.165) is 25.8 Å². The largest absolute Gasteiger partial charge is 0.481 e. The van der Waals surface area contributed by atoms with Gasteiger partial charge in [0.05, 0.1) is 6.54 Å². The lowest BCUT2D eigenvalue weighted by atomic mass is 9.98. The highest BCUT2D eigenvalue weighted by atomic mass is 16.4. The van der Waals surface area contributed by atoms with E-state index < -0.39 is 5.97 Å². The quantitative estimate of drug-likeness (QED) is 0.750. The molecule has 5 heteroatoms. The number of nitrogens with one attached hydrogen (secondary N) is 1. The van der Waals surface area contributed by atoms with Crippen molar-refractivity contribution in [3.8, 4) is 0 Å². The van der Waals surface area contributed by atoms with Crippen molar-refractivity contribution in [2.45, 2.75) is 58.0 Å². The third kappa shape index (κ3) is 5.04. The van der Waals surface area contributed by atoms with E-state index in [2.05, 4.69) is 5.32 Å². The molecule has 0 aromatic heterocycles. The normalized spacial score (nSPS) is 20.2. The summed E-state index contributed by atoms with van der Waals surface area (Å²) in [5.41, 5.74) is 0. The average molecular weight is 256 g/mol. The molecule has 1 fully saturated rings. The van der Waals surface area contributed by atoms with Gasteiger partial charge >= 0.3 is 5.97 Å². The average Bonchev–Trinajstić information content (AvgIpc) is 2.33. The van der Waals surface area contributed by atoms with Crippen LogP contribution in [0.3, 0.4) is 0 Å². The molecule has 0 aromatic rings. The second-order valence-corrected chi connectivity index (χ2v) is 5.20. The molecule has 0 spiro atoms. The fourth-order valence-corrected chi connectivity index (χ4v) is 2.31. The summed E-state index contributed by atoms with van der Waals surface area (Å²) in [5, 5.41) is 11.8. The molecule has 1 amide bonds. The Morgan fingerprint density at radius 2 is 2.11 bits per heavy atom. The van der Waals surface area contributed by atoms with Crippen molar-refractivity contribution >= 4 is 11.9 Å². The molecule has 0 bridgehead atoms. The van der Waals surface area contributed by atoms with Gasteiger partial charge in [-0.15, -0.1) is 0 Å². The van der Waals surface area contributed by atoms with E-state index in [0.29, 0.717) is 13.0 Å². The van der Waals surface area contributed by atoms with Crippen LogP contribution in [0.5, 0.6) is 0 Å². The molecule has 0 aromatic carbocycles. The molecule has 1 aliphatic heterocycles. The molecule has 1 saturated heterocycles. The summed E-state index contributed by atoms with van der Waals surface area (Å²) >= 11 is 0. The van der Waals surface area contributed by atoms with E-state index in [1.165, 1.54) is 0 Å². The lowest BCUT2D eigenvalue weighted by Gasteiger charge is -2.36. The Bertz CT molecular complexity index is 292. The highest BCUT2D eigenvalue weighted by Crippen LogP contribution is 2.20. The van der Waals surface area contributed by atoms with Crippen LogP contribution >= 0.6 is 0 Å². The molecule has 0 saturated carbocycles. The first-order chi connectivity index (χ1) is 8.50. The van der Waals surface area contributed by atoms with Gasteiger partial charge in [-0.3, -0.25) is 9.59 Å². The van der Waals surface area contributed by atoms with Crippen LogP contribution in [0.1, 0.15) is 46.0 Å². The van der Waals surface area contributed by atoms with Gasteiger partial charge in [-0.2, -0.15) is 0 Å². The molecule has 2 N–H and O–H groups in total. The maximum Gasteiger partial charge on any atom is 0.303 e. The maximum atomic E-state index is 12.1. The number of carbonyl (C=O) groups is 2. The van der Waals surface area contributed by atoms with Gasteiger partial charge in [0.15, 0.2) is 0 Å². The highest BCUT2D eigenvalue weighted by Gasteiger charge is 2.26. The number of aliphatic carboxylic acids is 1. The fraction of sp³-hybridized carbons (Fsp3) is 0.846. The number of hydrogen-bond acceptors (Lipinski definition) is 3. The minimum atomic E-state index is -0.784. The van der Waals surface area contributed by atoms with Crippen LogP contribution in [-0.4, -0.2) is 47.1 Å². The molecular formula is C13H24N2O3. The van der Waals surface area contributed by atoms with Crippen molar-refractivity contribution in [1.82, 2.24) is 10.2 Å². The Hall–Kier alpha value is -1.10. The summed E-state index contributed by atoms with van der Waals surface area (Å²) in [6.07, 6.45) is 3.76. The zero-order chi connectivity index (χ0) is 13.5. The molecule has 1 heterocycles. The standard InChI is InChI=1S/C13H24N2O3/c1-10(2)14-9-12(16)15-8-4-3-5-11(15)6-7-13(17)18/h10-11,14H,3-9H2,1-2H3,(H,17,18). The van der Waals surface area contributed by atoms with Gasteiger partial charge in [0, 0.05) is 25.0 Å². The summed E-state index contributed by atoms with van der Waals surface area (Å²) in [5.74, 6) is -0.688. The third-order valence-corrected chi connectivity index (χ3v) is 3.30. The summed E-state index contributed by atoms with van der Waals surface area (Å²) in [6, 6.07) is 0.396. The van der Waals surface area contributed by atoms with Crippen molar-refractivity contribution in [1.29, 1.82) is 0 Å². The zero-order valence-corrected chi connectivity index (χ0v) is 11.3. The van der Waals surface area contributed by atoms with Crippen LogP contribution in [0.25, 0.3) is 0 Å². The van der Waals surface area contributed by atoms with Crippen molar-refractivity contribution in [3.05, 3.63) is 0 Å². The Balaban J connectivity index is 2.47. The Kier molecular flexibility index (Phi) is 6.12. The lowest BCUT2D eigenvalue weighted by Crippen LogP contribution is -2.48. The van der Waals surface area contributed by atoms with E-state index >= 15 is 0 Å². The Labute approximate surface area is 109 Å². The highest BCUT2D eigenvalue weighted by molar-refractivity contribution is 5.78. The lowest BCUT2D eigenvalue weighted by molar-refractivity contribution is -0.139. The Morgan fingerprint density at radius 1 is 1.39 bits per heavy atom. The molecule has 1 rings (SSSR count). The van der Waals surface area contributed by atoms with Crippen LogP contribution < -0.4 is 5.32 Å². The summed E-state index contributed by atoms with van der Waals surface area (Å²) in [6.45, 7) is 5.13. The van der Waals surface area contributed by atoms with E-state index in [4.69, 9.17) is 5.11 Å². The number of nitrogens with zero attached hydrogens (tertiary/aromatic N) is 1. The second kappa shape index (κ2) is 7.36. The van der Waals surface area contributed by atoms with Crippen molar-refractivity contribution < 1.29 is 14.7 Å². The number of rotatable bonds is 6. The van der Waals surface area contributed by atoms with Gasteiger partial charge < -0.3 is 15.3 Å². The summed E-state index contributed by atoms with van der Waals surface area (Å²) < 4.78 is 0. The first-order valence-electron chi connectivity index (χ1n) is 6.75. The van der Waals surface area contributed by atoms with Crippen molar-refractivity contribution in [2.24, 2.45) is 0 Å². The molecule has 1 unspecified atom stereocenters. The second-order valence-electron chi connectivity index (χ2n) is 5.20. The molecule has 18 heavy (non-hydrogen) atoms. The number of carboxylic acids is 1. The maximum absolute atomic E-state index is 12.1. The van der Waals surface area contributed by atoms with Crippen LogP contribution in [-0.2, 0) is 9.59 Å². The van der Waals surface area contributed by atoms with Gasteiger partial charge in [0.2, 0.25) is 5.91 Å². The molecule has 5 nitrogen and oxygen atoms in total. The fourth-order valence-electron chi connectivity index (χ4n) is 2.31. The first-order valence-corrected chi connectivity index (χ1v) is 6.75. The number of hydrogen-bond donors (Lipinski definition) is 2. The van der Waals surface area contributed by atoms with Crippen LogP contribution in [0.4, 0.5) is 0 Å². The third-order valence-electron chi connectivity index (χ3n) is 3.30. The van der Waals surface area contributed by atoms with Crippen molar-refractivity contribution in [2.75, 3.05) is 13.1 Å². The minimum Gasteiger partial charge on any atom is -0.481 e. The van der Waals surface area contributed by atoms with E-state index in [1.54, 1.807) is 0 Å². The number of carbonyl (C=O) groups excluding carboxylic acids is 1. The van der Waals surface area contributed by atoms with Gasteiger partial charge in [0.1, 0.15) is 0 Å². The smallest absolute Gasteiger partial charge is 0.303 e. The predicted molar refractivity (Wildman–Crippen MR) is 69.4 cm³/mol. The molecule has 0 aliphatic carbocycles. The summed E-state index contributed by atoms with van der Waals surface area (Å²) in [4.78, 5) is 24.6. The van der Waals surface area contributed by atoms with Gasteiger partial charge in [0.25, 0.3) is 0 Å². The number of amides is 1. The van der Waals surface area contributed by atoms with Crippen LogP contribution in [0, 0.1) is 0 Å². The van der Waals surface area contributed by atoms with Crippen LogP contribution in [0.2, 0.25) is 0 Å². The summed E-state index contributed by atoms with van der Waals surface area (Å²) in [7, 11) is 0. The van der Waals surface area contributed by atoms with E-state index in [9.17, 15) is 9.59 Å². The zero-order valence-electron chi connectivity index (χ0n) is 11.3.